The van der Waals surface area contributed by atoms with E-state index in [1.807, 2.05) is 18.2 Å². The van der Waals surface area contributed by atoms with Gasteiger partial charge in [0.15, 0.2) is 0 Å². The number of rotatable bonds is 2. The largest absolute Gasteiger partial charge is 0.497 e. The van der Waals surface area contributed by atoms with Crippen molar-refractivity contribution in [1.82, 2.24) is 0 Å². The smallest absolute Gasteiger partial charge is 0.121 e. The lowest BCUT2D eigenvalue weighted by Gasteiger charge is -2.30. The molecule has 0 spiro atoms. The third-order valence-electron chi connectivity index (χ3n) is 2.85. The van der Waals surface area contributed by atoms with Gasteiger partial charge in [-0.3, -0.25) is 4.31 Å². The highest BCUT2D eigenvalue weighted by Crippen LogP contribution is 2.38. The van der Waals surface area contributed by atoms with Gasteiger partial charge in [-0.15, -0.1) is 0 Å². The molecule has 0 saturated carbocycles. The number of fused-ring (bicyclic) bond motifs is 1. The Kier molecular flexibility index (Phi) is 3.02. The van der Waals surface area contributed by atoms with Crippen LogP contribution in [0.25, 0.3) is 0 Å². The van der Waals surface area contributed by atoms with E-state index in [0.29, 0.717) is 0 Å². The monoisotopic (exact) mass is 258 g/mol. The highest BCUT2D eigenvalue weighted by atomic mass is 32.2. The molecule has 1 heterocycles. The normalized spacial score (nSPS) is 13.7. The Balaban J connectivity index is 1.85. The molecule has 3 rings (SSSR count). The summed E-state index contributed by atoms with van der Waals surface area (Å²) in [5.41, 5.74) is 2.34. The maximum absolute atomic E-state index is 5.23. The maximum atomic E-state index is 5.23. The van der Waals surface area contributed by atoms with E-state index >= 15 is 0 Å². The lowest BCUT2D eigenvalue weighted by Crippen LogP contribution is -2.26. The molecule has 92 valence electrons. The minimum Gasteiger partial charge on any atom is -0.497 e. The molecule has 0 aliphatic carbocycles. The van der Waals surface area contributed by atoms with E-state index in [0.717, 1.165) is 18.1 Å². The average molecular weight is 258 g/mol. The van der Waals surface area contributed by atoms with Crippen molar-refractivity contribution in [2.75, 3.05) is 23.4 Å². The molecule has 18 heavy (non-hydrogen) atoms. The van der Waals surface area contributed by atoms with E-state index in [9.17, 15) is 0 Å². The first kappa shape index (κ1) is 11.3. The van der Waals surface area contributed by atoms with E-state index in [1.54, 1.807) is 19.1 Å². The Bertz CT molecular complexity index is 545. The first-order chi connectivity index (χ1) is 8.86. The van der Waals surface area contributed by atoms with E-state index in [4.69, 9.17) is 4.74 Å². The second-order valence-corrected chi connectivity index (χ2v) is 5.07. The molecule has 2 aromatic rings. The Labute approximate surface area is 111 Å². The van der Waals surface area contributed by atoms with Gasteiger partial charge in [-0.25, -0.2) is 0 Å². The van der Waals surface area contributed by atoms with Crippen molar-refractivity contribution in [2.24, 2.45) is 0 Å². The van der Waals surface area contributed by atoms with Crippen molar-refractivity contribution in [3.63, 3.8) is 0 Å². The second-order valence-electron chi connectivity index (χ2n) is 4.00. The third kappa shape index (κ3) is 2.11. The van der Waals surface area contributed by atoms with Crippen LogP contribution in [0.5, 0.6) is 5.75 Å². The van der Waals surface area contributed by atoms with Gasteiger partial charge < -0.3 is 10.1 Å². The van der Waals surface area contributed by atoms with Gasteiger partial charge in [0.05, 0.1) is 24.4 Å². The number of nitrogens with zero attached hydrogens (tertiary/aromatic N) is 1. The summed E-state index contributed by atoms with van der Waals surface area (Å²) in [6.07, 6.45) is 0. The molecule has 3 nitrogen and oxygen atoms in total. The lowest BCUT2D eigenvalue weighted by molar-refractivity contribution is 0.414. The van der Waals surface area contributed by atoms with Crippen LogP contribution in [-0.2, 0) is 0 Å². The van der Waals surface area contributed by atoms with Crippen LogP contribution in [0.3, 0.4) is 0 Å². The molecule has 2 aromatic carbocycles. The predicted octanol–water partition coefficient (Wildman–Crippen LogP) is 3.59. The van der Waals surface area contributed by atoms with Gasteiger partial charge >= 0.3 is 0 Å². The first-order valence-electron chi connectivity index (χ1n) is 5.79. The number of para-hydroxylation sites is 1. The maximum Gasteiger partial charge on any atom is 0.121 e. The molecule has 0 amide bonds. The van der Waals surface area contributed by atoms with Crippen LogP contribution in [0.2, 0.25) is 0 Å². The topological polar surface area (TPSA) is 24.5 Å². The third-order valence-corrected chi connectivity index (χ3v) is 3.97. The van der Waals surface area contributed by atoms with Gasteiger partial charge in [0.2, 0.25) is 0 Å². The predicted molar refractivity (Wildman–Crippen MR) is 76.3 cm³/mol. The fraction of sp³-hybridized carbons (Fsp3) is 0.143. The Morgan fingerprint density at radius 3 is 2.78 bits per heavy atom. The fourth-order valence-electron chi connectivity index (χ4n) is 1.90. The van der Waals surface area contributed by atoms with Gasteiger partial charge in [-0.1, -0.05) is 18.2 Å². The molecule has 0 aromatic heterocycles. The van der Waals surface area contributed by atoms with E-state index in [2.05, 4.69) is 40.0 Å². The highest BCUT2D eigenvalue weighted by molar-refractivity contribution is 8.00. The minimum atomic E-state index is 0.787. The number of methoxy groups -OCH3 is 1. The van der Waals surface area contributed by atoms with Gasteiger partial charge in [0, 0.05) is 11.8 Å². The Morgan fingerprint density at radius 1 is 1.17 bits per heavy atom. The van der Waals surface area contributed by atoms with E-state index in [1.165, 1.54) is 10.6 Å². The number of benzene rings is 2. The minimum absolute atomic E-state index is 0.787. The molecule has 1 N–H and O–H groups in total. The molecule has 0 radical (unpaired) electrons. The molecule has 0 saturated heterocycles. The zero-order valence-corrected chi connectivity index (χ0v) is 10.9. The van der Waals surface area contributed by atoms with E-state index < -0.39 is 0 Å². The summed E-state index contributed by atoms with van der Waals surface area (Å²) in [7, 11) is 1.69. The van der Waals surface area contributed by atoms with E-state index in [-0.39, 0.29) is 0 Å². The molecule has 1 aliphatic rings. The molecule has 0 bridgehead atoms. The van der Waals surface area contributed by atoms with Gasteiger partial charge in [-0.05, 0) is 36.2 Å². The highest BCUT2D eigenvalue weighted by Gasteiger charge is 2.17. The van der Waals surface area contributed by atoms with Crippen molar-refractivity contribution in [2.45, 2.75) is 4.90 Å². The summed E-state index contributed by atoms with van der Waals surface area (Å²) in [4.78, 5) is 1.21. The van der Waals surface area contributed by atoms with Crippen LogP contribution in [0, 0.1) is 0 Å². The van der Waals surface area contributed by atoms with Gasteiger partial charge in [-0.2, -0.15) is 0 Å². The number of ether oxygens (including phenoxy) is 1. The van der Waals surface area contributed by atoms with Crippen LogP contribution in [-0.4, -0.2) is 13.8 Å². The van der Waals surface area contributed by atoms with Crippen molar-refractivity contribution in [3.05, 3.63) is 48.5 Å². The van der Waals surface area contributed by atoms with Crippen LogP contribution in [0.15, 0.2) is 53.4 Å². The fourth-order valence-corrected chi connectivity index (χ4v) is 2.85. The standard InChI is InChI=1S/C14H14N2OS/c1-17-12-7-8-14-13(9-12)15-10-16(18-14)11-5-3-2-4-6-11/h2-9,15H,10H2,1H3. The van der Waals surface area contributed by atoms with Crippen LogP contribution in [0.4, 0.5) is 11.4 Å². The molecule has 0 unspecified atom stereocenters. The number of hydrogen-bond acceptors (Lipinski definition) is 4. The molecule has 0 fully saturated rings. The van der Waals surface area contributed by atoms with Crippen molar-refractivity contribution in [3.8, 4) is 5.75 Å². The summed E-state index contributed by atoms with van der Waals surface area (Å²) < 4.78 is 7.46. The van der Waals surface area contributed by atoms with Crippen LogP contribution >= 0.6 is 11.9 Å². The number of hydrogen-bond donors (Lipinski definition) is 1. The summed E-state index contributed by atoms with van der Waals surface area (Å²) in [5, 5.41) is 3.41. The molecule has 0 atom stereocenters. The average Bonchev–Trinajstić information content (AvgIpc) is 2.47. The number of anilines is 2. The first-order valence-corrected chi connectivity index (χ1v) is 6.56. The van der Waals surface area contributed by atoms with Crippen LogP contribution in [0.1, 0.15) is 0 Å². The summed E-state index contributed by atoms with van der Waals surface area (Å²) in [5.74, 6) is 0.884. The second kappa shape index (κ2) is 4.82. The van der Waals surface area contributed by atoms with Crippen molar-refractivity contribution >= 4 is 23.3 Å². The summed E-state index contributed by atoms with van der Waals surface area (Å²) in [6, 6.07) is 16.5. The van der Waals surface area contributed by atoms with Crippen LogP contribution < -0.4 is 14.4 Å². The van der Waals surface area contributed by atoms with Gasteiger partial charge in [0.25, 0.3) is 0 Å². The van der Waals surface area contributed by atoms with Gasteiger partial charge in [0.1, 0.15) is 5.75 Å². The zero-order valence-electron chi connectivity index (χ0n) is 10.1. The molecular weight excluding hydrogens is 244 g/mol. The number of nitrogens with one attached hydrogen (secondary N) is 1. The molecular formula is C14H14N2OS. The Morgan fingerprint density at radius 2 is 2.00 bits per heavy atom. The molecule has 1 aliphatic heterocycles. The Hall–Kier alpha value is -1.81. The van der Waals surface area contributed by atoms with Crippen molar-refractivity contribution < 1.29 is 4.74 Å². The quantitative estimate of drug-likeness (QED) is 0.832. The van der Waals surface area contributed by atoms with Crippen molar-refractivity contribution in [1.29, 1.82) is 0 Å². The molecule has 4 heteroatoms. The SMILES string of the molecule is COc1ccc2c(c1)NCN(c1ccccc1)S2. The zero-order chi connectivity index (χ0) is 12.4. The summed E-state index contributed by atoms with van der Waals surface area (Å²) in [6.45, 7) is 0.787. The summed E-state index contributed by atoms with van der Waals surface area (Å²) >= 11 is 1.74. The lowest BCUT2D eigenvalue weighted by atomic mass is 10.3.